The van der Waals surface area contributed by atoms with Crippen molar-refractivity contribution in [2.75, 3.05) is 0 Å². The highest BCUT2D eigenvalue weighted by Crippen LogP contribution is 2.62. The molecular weight excluding hydrogens is 370 g/mol. The van der Waals surface area contributed by atoms with E-state index >= 15 is 0 Å². The maximum atomic E-state index is 12.8. The molecule has 2 fully saturated rings. The van der Waals surface area contributed by atoms with Gasteiger partial charge in [0.25, 0.3) is 0 Å². The van der Waals surface area contributed by atoms with Gasteiger partial charge in [-0.3, -0.25) is 0 Å². The Morgan fingerprint density at radius 3 is 2.52 bits per heavy atom. The number of hydrogen-bond acceptors (Lipinski definition) is 3. The van der Waals surface area contributed by atoms with Crippen molar-refractivity contribution in [3.63, 3.8) is 0 Å². The summed E-state index contributed by atoms with van der Waals surface area (Å²) in [6, 6.07) is 1.73. The quantitative estimate of drug-likeness (QED) is 0.833. The number of nitrogens with one attached hydrogen (secondary N) is 1. The average molecular weight is 392 g/mol. The SMILES string of the molecule is Cc1sc(Br)cc1S(=O)(=O)NC1C2(C)CCC(C2)C1(C)C. The standard InChI is InChI=1S/C15H22BrNO2S2/c1-9-11(7-12(16)20-9)21(18,19)17-13-14(2,3)10-5-6-15(13,4)8-10/h7,10,13,17H,5-6,8H2,1-4H3. The molecule has 0 aliphatic heterocycles. The van der Waals surface area contributed by atoms with Crippen LogP contribution in [0, 0.1) is 23.7 Å². The fourth-order valence-electron chi connectivity index (χ4n) is 4.51. The first-order valence-electron chi connectivity index (χ1n) is 7.34. The van der Waals surface area contributed by atoms with Gasteiger partial charge in [0.15, 0.2) is 0 Å². The molecule has 3 nitrogen and oxygen atoms in total. The van der Waals surface area contributed by atoms with E-state index in [0.717, 1.165) is 21.5 Å². The second-order valence-electron chi connectivity index (χ2n) is 7.44. The maximum absolute atomic E-state index is 12.8. The van der Waals surface area contributed by atoms with Crippen molar-refractivity contribution in [2.24, 2.45) is 16.7 Å². The minimum atomic E-state index is -3.45. The molecule has 0 radical (unpaired) electrons. The van der Waals surface area contributed by atoms with Gasteiger partial charge in [0.1, 0.15) is 0 Å². The lowest BCUT2D eigenvalue weighted by molar-refractivity contribution is 0.127. The Hall–Kier alpha value is 0.0900. The molecule has 2 bridgehead atoms. The van der Waals surface area contributed by atoms with Crippen LogP contribution in [-0.4, -0.2) is 14.5 Å². The molecule has 21 heavy (non-hydrogen) atoms. The van der Waals surface area contributed by atoms with E-state index in [4.69, 9.17) is 0 Å². The van der Waals surface area contributed by atoms with Crippen molar-refractivity contribution in [3.05, 3.63) is 14.7 Å². The predicted octanol–water partition coefficient (Wildman–Crippen LogP) is 4.31. The lowest BCUT2D eigenvalue weighted by Crippen LogP contribution is -2.52. The van der Waals surface area contributed by atoms with Gasteiger partial charge < -0.3 is 0 Å². The van der Waals surface area contributed by atoms with E-state index in [1.54, 1.807) is 6.07 Å². The highest BCUT2D eigenvalue weighted by Gasteiger charge is 2.60. The average Bonchev–Trinajstić information content (AvgIpc) is 2.94. The van der Waals surface area contributed by atoms with Gasteiger partial charge in [-0.15, -0.1) is 11.3 Å². The van der Waals surface area contributed by atoms with Gasteiger partial charge in [-0.05, 0) is 64.9 Å². The van der Waals surface area contributed by atoms with Gasteiger partial charge in [-0.2, -0.15) is 0 Å². The van der Waals surface area contributed by atoms with Gasteiger partial charge in [0, 0.05) is 10.9 Å². The Balaban J connectivity index is 1.94. The number of hydrogen-bond donors (Lipinski definition) is 1. The Kier molecular flexibility index (Phi) is 3.64. The van der Waals surface area contributed by atoms with Crippen molar-refractivity contribution in [1.29, 1.82) is 0 Å². The lowest BCUT2D eigenvalue weighted by atomic mass is 9.69. The van der Waals surface area contributed by atoms with Crippen molar-refractivity contribution in [2.45, 2.75) is 57.9 Å². The summed E-state index contributed by atoms with van der Waals surface area (Å²) in [5, 5.41) is 0. The molecule has 0 aromatic carbocycles. The third-order valence-corrected chi connectivity index (χ3v) is 8.91. The van der Waals surface area contributed by atoms with E-state index in [9.17, 15) is 8.42 Å². The number of rotatable bonds is 3. The van der Waals surface area contributed by atoms with Crippen LogP contribution >= 0.6 is 27.3 Å². The van der Waals surface area contributed by atoms with E-state index in [-0.39, 0.29) is 16.9 Å². The van der Waals surface area contributed by atoms with Crippen LogP contribution in [0.3, 0.4) is 0 Å². The number of fused-ring (bicyclic) bond motifs is 2. The number of sulfonamides is 1. The molecule has 0 spiro atoms. The highest BCUT2D eigenvalue weighted by molar-refractivity contribution is 9.11. The van der Waals surface area contributed by atoms with E-state index < -0.39 is 10.0 Å². The maximum Gasteiger partial charge on any atom is 0.241 e. The number of halogens is 1. The van der Waals surface area contributed by atoms with E-state index in [1.807, 2.05) is 6.92 Å². The first-order chi connectivity index (χ1) is 9.56. The molecule has 1 heterocycles. The number of aryl methyl sites for hydroxylation is 1. The third-order valence-electron chi connectivity index (χ3n) is 5.67. The Labute approximate surface area is 139 Å². The Bertz CT molecular complexity index is 675. The summed E-state index contributed by atoms with van der Waals surface area (Å²) in [4.78, 5) is 1.25. The zero-order valence-electron chi connectivity index (χ0n) is 12.9. The highest BCUT2D eigenvalue weighted by atomic mass is 79.9. The van der Waals surface area contributed by atoms with Crippen molar-refractivity contribution in [3.8, 4) is 0 Å². The smallest absolute Gasteiger partial charge is 0.207 e. The topological polar surface area (TPSA) is 46.2 Å². The van der Waals surface area contributed by atoms with Gasteiger partial charge in [0.2, 0.25) is 10.0 Å². The van der Waals surface area contributed by atoms with Crippen LogP contribution in [0.15, 0.2) is 14.7 Å². The molecule has 2 saturated carbocycles. The van der Waals surface area contributed by atoms with Crippen LogP contribution < -0.4 is 4.72 Å². The van der Waals surface area contributed by atoms with Crippen molar-refractivity contribution >= 4 is 37.3 Å². The zero-order valence-corrected chi connectivity index (χ0v) is 16.1. The second-order valence-corrected chi connectivity index (χ2v) is 11.8. The summed E-state index contributed by atoms with van der Waals surface area (Å²) in [5.74, 6) is 0.630. The molecule has 3 atom stereocenters. The zero-order chi connectivity index (χ0) is 15.6. The molecule has 0 amide bonds. The fourth-order valence-corrected chi connectivity index (χ4v) is 8.46. The minimum Gasteiger partial charge on any atom is -0.207 e. The van der Waals surface area contributed by atoms with Crippen LogP contribution in [0.25, 0.3) is 0 Å². The lowest BCUT2D eigenvalue weighted by Gasteiger charge is -2.42. The van der Waals surface area contributed by atoms with Gasteiger partial charge in [-0.25, -0.2) is 13.1 Å². The molecule has 3 rings (SSSR count). The van der Waals surface area contributed by atoms with E-state index in [1.165, 1.54) is 17.8 Å². The van der Waals surface area contributed by atoms with Crippen LogP contribution in [0.4, 0.5) is 0 Å². The third kappa shape index (κ3) is 2.42. The predicted molar refractivity (Wildman–Crippen MR) is 90.1 cm³/mol. The molecule has 2 aliphatic carbocycles. The molecule has 3 unspecified atom stereocenters. The summed E-state index contributed by atoms with van der Waals surface area (Å²) >= 11 is 4.85. The summed E-state index contributed by atoms with van der Waals surface area (Å²) in [5.41, 5.74) is 0.129. The van der Waals surface area contributed by atoms with Crippen LogP contribution in [0.2, 0.25) is 0 Å². The summed E-state index contributed by atoms with van der Waals surface area (Å²) < 4.78 is 29.5. The minimum absolute atomic E-state index is 0.0202. The molecule has 1 aromatic rings. The molecule has 1 N–H and O–H groups in total. The molecular formula is C15H22BrNO2S2. The molecule has 6 heteroatoms. The van der Waals surface area contributed by atoms with E-state index in [0.29, 0.717) is 10.8 Å². The monoisotopic (exact) mass is 391 g/mol. The van der Waals surface area contributed by atoms with Crippen molar-refractivity contribution < 1.29 is 8.42 Å². The number of thiophene rings is 1. The summed E-state index contributed by atoms with van der Waals surface area (Å²) in [7, 11) is -3.45. The molecule has 2 aliphatic rings. The fraction of sp³-hybridized carbons (Fsp3) is 0.733. The van der Waals surface area contributed by atoms with Gasteiger partial charge >= 0.3 is 0 Å². The van der Waals surface area contributed by atoms with Crippen molar-refractivity contribution in [1.82, 2.24) is 4.72 Å². The van der Waals surface area contributed by atoms with Gasteiger partial charge in [-0.1, -0.05) is 20.8 Å². The summed E-state index contributed by atoms with van der Waals surface area (Å²) in [6.07, 6.45) is 3.49. The Morgan fingerprint density at radius 1 is 1.38 bits per heavy atom. The van der Waals surface area contributed by atoms with Gasteiger partial charge in [0.05, 0.1) is 8.68 Å². The largest absolute Gasteiger partial charge is 0.241 e. The second kappa shape index (κ2) is 4.79. The normalized spacial score (nSPS) is 34.5. The van der Waals surface area contributed by atoms with E-state index in [2.05, 4.69) is 41.4 Å². The van der Waals surface area contributed by atoms with Crippen LogP contribution in [0.5, 0.6) is 0 Å². The molecule has 1 aromatic heterocycles. The van der Waals surface area contributed by atoms with Crippen LogP contribution in [0.1, 0.15) is 44.9 Å². The first-order valence-corrected chi connectivity index (χ1v) is 10.4. The Morgan fingerprint density at radius 2 is 2.05 bits per heavy atom. The first kappa shape index (κ1) is 16.0. The summed E-state index contributed by atoms with van der Waals surface area (Å²) in [6.45, 7) is 8.53. The molecule has 0 saturated heterocycles. The van der Waals surface area contributed by atoms with Crippen LogP contribution in [-0.2, 0) is 10.0 Å². The molecule has 118 valence electrons.